The highest BCUT2D eigenvalue weighted by Gasteiger charge is 2.71. The summed E-state index contributed by atoms with van der Waals surface area (Å²) in [5.74, 6) is 10.2. The third-order valence-corrected chi connectivity index (χ3v) is 28.0. The number of nitrogens with zero attached hydrogens (tertiary/aromatic N) is 5. The van der Waals surface area contributed by atoms with Crippen LogP contribution in [0, 0.1) is 95.6 Å². The van der Waals surface area contributed by atoms with Crippen LogP contribution < -0.4 is 28.5 Å². The molecule has 10 aliphatic carbocycles. The Kier molecular flexibility index (Phi) is 15.3. The lowest BCUT2D eigenvalue weighted by Crippen LogP contribution is -2.64. The highest BCUT2D eigenvalue weighted by atomic mass is 16.1. The standard InChI is InChI=1S/C34H52N6.C33H48N4O.CH6N2.2CH4/c1-29(2)13-15-34(25-17-26(35)40(8)39-25)16-14-32(6)21(22(34)19-29)9-10-24-31(5)18-20-27(37-38-28(20)36)30(3,4)23(31)11-12-33(24,32)7;1-28(2)13-15-33(25(38)11-17-34)16-14-31(6)21(22(33)19-28)8-9-24-30(5)18-20-26(36-37-27(20)35)29(3,4)23(30)10-12-32(24,31)7;1-3-2;;/h9,17,22-24H,10-16,18-19,35H2,1-8H3,(H3,36,37,38);8,22-24H,9-16,18-19H2,1-7H3,(H3,35,36,37);3H,2H2,1H3;2*1H4/t22?,23?,24?,31-,32+,33+,34-;22?,23?,24?,30-,31+,32+,33-;;;/m00.../s1. The molecule has 11 N–H and O–H groups in total. The van der Waals surface area contributed by atoms with Gasteiger partial charge >= 0.3 is 0 Å². The minimum Gasteiger partial charge on any atom is -0.384 e. The van der Waals surface area contributed by atoms with Crippen molar-refractivity contribution in [1.29, 1.82) is 5.26 Å². The largest absolute Gasteiger partial charge is 0.384 e. The number of hydrogen-bond acceptors (Lipinski definition) is 10. The predicted octanol–water partition coefficient (Wildman–Crippen LogP) is 14.7. The number of carbonyl (C=O) groups excluding carboxylic acids is 1. The maximum atomic E-state index is 13.7. The number of nitrogens with one attached hydrogen (secondary N) is 3. The second-order valence-corrected chi connectivity index (χ2v) is 33.1. The molecular formula is C70H114N12O. The number of carbonyl (C=O) groups is 1. The number of ketones is 1. The molecule has 0 aromatic carbocycles. The van der Waals surface area contributed by atoms with Crippen molar-refractivity contribution < 1.29 is 4.79 Å². The number of aromatic nitrogens is 6. The van der Waals surface area contributed by atoms with Crippen LogP contribution in [0.2, 0.25) is 0 Å². The molecule has 6 unspecified atom stereocenters. The lowest BCUT2D eigenvalue weighted by molar-refractivity contribution is -0.166. The van der Waals surface area contributed by atoms with Gasteiger partial charge in [-0.15, -0.1) is 0 Å². The molecule has 3 aromatic rings. The fraction of sp³-hybridized carbons (Fsp3) is 0.786. The number of nitrogen functional groups attached to an aromatic ring is 3. The van der Waals surface area contributed by atoms with Crippen LogP contribution in [0.5, 0.6) is 0 Å². The Morgan fingerprint density at radius 3 is 1.53 bits per heavy atom. The Bertz CT molecular complexity index is 3090. The second-order valence-electron chi connectivity index (χ2n) is 33.1. The number of aryl methyl sites for hydroxylation is 1. The average Bonchev–Trinajstić information content (AvgIpc) is 1.86. The number of H-pyrrole nitrogens is 2. The van der Waals surface area contributed by atoms with Gasteiger partial charge < -0.3 is 17.2 Å². The number of anilines is 3. The summed E-state index contributed by atoms with van der Waals surface area (Å²) < 4.78 is 1.89. The summed E-state index contributed by atoms with van der Waals surface area (Å²) in [6, 6.07) is 4.41. The quantitative estimate of drug-likeness (QED) is 0.0745. The van der Waals surface area contributed by atoms with Crippen LogP contribution in [-0.2, 0) is 40.9 Å². The van der Waals surface area contributed by atoms with Crippen molar-refractivity contribution in [2.45, 2.75) is 250 Å². The maximum absolute atomic E-state index is 13.7. The zero-order valence-corrected chi connectivity index (χ0v) is 53.1. The fourth-order valence-corrected chi connectivity index (χ4v) is 23.3. The molecule has 13 heteroatoms. The Morgan fingerprint density at radius 2 is 1.07 bits per heavy atom. The van der Waals surface area contributed by atoms with E-state index >= 15 is 0 Å². The Hall–Kier alpha value is -4.41. The molecule has 0 radical (unpaired) electrons. The number of allylic oxidation sites excluding steroid dienone is 4. The molecule has 0 bridgehead atoms. The summed E-state index contributed by atoms with van der Waals surface area (Å²) in [5.41, 5.74) is 32.7. The van der Waals surface area contributed by atoms with E-state index in [0.717, 1.165) is 63.0 Å². The molecule has 14 atom stereocenters. The van der Waals surface area contributed by atoms with Gasteiger partial charge in [-0.3, -0.25) is 30.9 Å². The highest BCUT2D eigenvalue weighted by molar-refractivity contribution is 5.88. The minimum absolute atomic E-state index is 0. The Morgan fingerprint density at radius 1 is 0.651 bits per heavy atom. The third-order valence-electron chi connectivity index (χ3n) is 28.0. The van der Waals surface area contributed by atoms with Crippen LogP contribution in [0.4, 0.5) is 17.5 Å². The van der Waals surface area contributed by atoms with Crippen molar-refractivity contribution in [3.63, 3.8) is 0 Å². The molecule has 13 nitrogen and oxygen atoms in total. The molecular weight excluding hydrogens is 1020 g/mol. The first kappa shape index (κ1) is 63.1. The van der Waals surface area contributed by atoms with Crippen LogP contribution in [0.1, 0.15) is 249 Å². The summed E-state index contributed by atoms with van der Waals surface area (Å²) >= 11 is 0. The molecule has 460 valence electrons. The molecule has 13 rings (SSSR count). The topological polar surface area (TPSA) is 232 Å². The van der Waals surface area contributed by atoms with Crippen molar-refractivity contribution in [2.24, 2.45) is 97.1 Å². The van der Waals surface area contributed by atoms with E-state index in [4.69, 9.17) is 22.3 Å². The molecule has 83 heavy (non-hydrogen) atoms. The van der Waals surface area contributed by atoms with Crippen molar-refractivity contribution in [2.75, 3.05) is 24.2 Å². The molecule has 3 aromatic heterocycles. The zero-order chi connectivity index (χ0) is 58.9. The smallest absolute Gasteiger partial charge is 0.153 e. The number of hydrogen-bond donors (Lipinski definition) is 7. The predicted molar refractivity (Wildman–Crippen MR) is 340 cm³/mol. The van der Waals surface area contributed by atoms with E-state index in [-0.39, 0.29) is 92.5 Å². The third kappa shape index (κ3) is 8.48. The molecule has 3 heterocycles. The van der Waals surface area contributed by atoms with Gasteiger partial charge in [0, 0.05) is 57.3 Å². The van der Waals surface area contributed by atoms with Crippen LogP contribution in [0.25, 0.3) is 0 Å². The van der Waals surface area contributed by atoms with Gasteiger partial charge in [-0.1, -0.05) is 135 Å². The molecule has 0 spiro atoms. The Labute approximate surface area is 501 Å². The monoisotopic (exact) mass is 1140 g/mol. The van der Waals surface area contributed by atoms with Gasteiger partial charge in [0.1, 0.15) is 17.5 Å². The maximum Gasteiger partial charge on any atom is 0.153 e. The van der Waals surface area contributed by atoms with Crippen LogP contribution in [-0.4, -0.2) is 43.0 Å². The normalized spacial score (nSPS) is 41.2. The number of aromatic amines is 2. The van der Waals surface area contributed by atoms with E-state index in [9.17, 15) is 10.1 Å². The van der Waals surface area contributed by atoms with Gasteiger partial charge in [0.05, 0.1) is 18.2 Å². The fourth-order valence-electron chi connectivity index (χ4n) is 23.3. The lowest BCUT2D eigenvalue weighted by Gasteiger charge is -2.70. The van der Waals surface area contributed by atoms with Crippen molar-refractivity contribution >= 4 is 23.2 Å². The van der Waals surface area contributed by atoms with E-state index < -0.39 is 0 Å². The summed E-state index contributed by atoms with van der Waals surface area (Å²) in [4.78, 5) is 13.7. The van der Waals surface area contributed by atoms with E-state index in [1.807, 2.05) is 11.7 Å². The van der Waals surface area contributed by atoms with E-state index in [0.29, 0.717) is 40.8 Å². The number of nitriles is 1. The summed E-state index contributed by atoms with van der Waals surface area (Å²) in [7, 11) is 3.65. The van der Waals surface area contributed by atoms with Gasteiger partial charge in [0.2, 0.25) is 0 Å². The summed E-state index contributed by atoms with van der Waals surface area (Å²) in [6.07, 6.45) is 26.0. The van der Waals surface area contributed by atoms with Crippen molar-refractivity contribution in [3.05, 3.63) is 57.6 Å². The highest BCUT2D eigenvalue weighted by Crippen LogP contribution is 2.78. The van der Waals surface area contributed by atoms with Gasteiger partial charge in [-0.25, -0.2) is 0 Å². The molecule has 0 saturated heterocycles. The Balaban J connectivity index is 0.000000187. The number of Topliss-reactive ketones (excluding diaryl/α,β-unsaturated/α-hetero) is 1. The first-order valence-corrected chi connectivity index (χ1v) is 31.8. The first-order chi connectivity index (χ1) is 37.7. The number of nitrogens with two attached hydrogens (primary N) is 4. The van der Waals surface area contributed by atoms with Crippen molar-refractivity contribution in [3.8, 4) is 6.07 Å². The molecule has 0 amide bonds. The molecule has 0 aliphatic heterocycles. The molecule has 6 fully saturated rings. The van der Waals surface area contributed by atoms with Crippen LogP contribution in [0.15, 0.2) is 29.4 Å². The lowest BCUT2D eigenvalue weighted by atomic mass is 9.33. The van der Waals surface area contributed by atoms with Gasteiger partial charge in [-0.2, -0.15) is 20.6 Å². The SMILES string of the molecule is C.C.CC1(C)CC[C@]2(C(=O)CC#N)CC[C@]3(C)C(=CCC4[C@@]5(C)Cc6c(N)n[nH]c6C(C)(C)C5CC[C@]43C)C2C1.CNN.Cn1nc([C@]23CCC(C)(C)CC2C2=CCC4[C@@]5(C)Cc6c(N)n[nH]c6C(C)(C)C5CC[C@@]4(C)[C@]2(C)CC3)cc1N. The van der Waals surface area contributed by atoms with Gasteiger partial charge in [0.25, 0.3) is 0 Å². The summed E-state index contributed by atoms with van der Waals surface area (Å²) in [5, 5.41) is 30.2. The zero-order valence-electron chi connectivity index (χ0n) is 53.1. The second kappa shape index (κ2) is 20.1. The van der Waals surface area contributed by atoms with Gasteiger partial charge in [0.15, 0.2) is 5.78 Å². The first-order valence-electron chi connectivity index (χ1n) is 31.8. The van der Waals surface area contributed by atoms with Crippen LogP contribution >= 0.6 is 0 Å². The number of fused-ring (bicyclic) bond motifs is 16. The molecule has 6 saturated carbocycles. The number of rotatable bonds is 3. The van der Waals surface area contributed by atoms with E-state index in [2.05, 4.69) is 153 Å². The molecule has 10 aliphatic rings. The number of hydrazine groups is 1. The summed E-state index contributed by atoms with van der Waals surface area (Å²) in [6.45, 7) is 35.1. The van der Waals surface area contributed by atoms with Gasteiger partial charge in [-0.05, 0) is 201 Å². The van der Waals surface area contributed by atoms with E-state index in [1.54, 1.807) is 18.2 Å². The van der Waals surface area contributed by atoms with Crippen LogP contribution in [0.3, 0.4) is 0 Å². The average molecular weight is 1140 g/mol. The van der Waals surface area contributed by atoms with E-state index in [1.165, 1.54) is 92.4 Å². The minimum atomic E-state index is -0.339. The van der Waals surface area contributed by atoms with Crippen molar-refractivity contribution in [1.82, 2.24) is 35.6 Å².